The van der Waals surface area contributed by atoms with E-state index in [1.165, 1.54) is 6.92 Å². The molecule has 1 heterocycles. The fourth-order valence-electron chi connectivity index (χ4n) is 0.834. The van der Waals surface area contributed by atoms with Crippen LogP contribution in [-0.4, -0.2) is 5.91 Å². The Bertz CT molecular complexity index is 276. The number of carbonyl (C=O) groups excluding carboxylic acids is 1. The van der Waals surface area contributed by atoms with Crippen LogP contribution in [0.4, 0.5) is 5.82 Å². The molecule has 0 aliphatic heterocycles. The Hall–Kier alpha value is -0.650. The molecule has 0 aliphatic carbocycles. The van der Waals surface area contributed by atoms with Crippen LogP contribution < -0.4 is 33.9 Å². The number of hydrogen-bond donors (Lipinski definition) is 1. The number of amides is 1. The van der Waals surface area contributed by atoms with Gasteiger partial charge in [-0.15, -0.1) is 0 Å². The third kappa shape index (κ3) is 3.17. The molecule has 0 saturated heterocycles. The van der Waals surface area contributed by atoms with Gasteiger partial charge in [0.25, 0.3) is 5.82 Å². The largest absolute Gasteiger partial charge is 1.00 e. The number of carbonyl (C=O) groups is 1. The Labute approximate surface area is 88.8 Å². The van der Waals surface area contributed by atoms with E-state index in [1.54, 1.807) is 0 Å². The number of pyridine rings is 1. The van der Waals surface area contributed by atoms with Gasteiger partial charge in [-0.3, -0.25) is 0 Å². The topological polar surface area (TPSA) is 33.0 Å². The second-order valence-electron chi connectivity index (χ2n) is 2.38. The van der Waals surface area contributed by atoms with Crippen LogP contribution in [0.15, 0.2) is 24.4 Å². The van der Waals surface area contributed by atoms with Gasteiger partial charge in [0.15, 0.2) is 0 Å². The minimum absolute atomic E-state index is 0. The van der Waals surface area contributed by atoms with E-state index in [0.717, 1.165) is 5.82 Å². The maximum absolute atomic E-state index is 10.6. The lowest BCUT2D eigenvalue weighted by atomic mass is 10.4. The summed E-state index contributed by atoms with van der Waals surface area (Å²) < 4.78 is 1.85. The van der Waals surface area contributed by atoms with Gasteiger partial charge in [0.2, 0.25) is 0 Å². The van der Waals surface area contributed by atoms with E-state index in [1.807, 2.05) is 36.0 Å². The number of rotatable bonds is 1. The average Bonchev–Trinajstić information content (AvgIpc) is 1.93. The molecule has 1 amide bonds. The van der Waals surface area contributed by atoms with Gasteiger partial charge in [-0.1, -0.05) is 6.07 Å². The highest BCUT2D eigenvalue weighted by Gasteiger charge is 2.04. The van der Waals surface area contributed by atoms with Crippen LogP contribution in [0, 0.1) is 0 Å². The van der Waals surface area contributed by atoms with Crippen molar-refractivity contribution in [2.45, 2.75) is 6.92 Å². The van der Waals surface area contributed by atoms with E-state index in [0.29, 0.717) is 0 Å². The summed E-state index contributed by atoms with van der Waals surface area (Å²) in [4.78, 5) is 10.6. The van der Waals surface area contributed by atoms with Crippen LogP contribution in [0.5, 0.6) is 0 Å². The van der Waals surface area contributed by atoms with Crippen LogP contribution in [0.2, 0.25) is 0 Å². The molecule has 0 spiro atoms. The molecule has 12 heavy (non-hydrogen) atoms. The highest BCUT2D eigenvalue weighted by atomic mass is 127. The maximum atomic E-state index is 10.6. The number of aryl methyl sites for hydroxylation is 1. The fraction of sp³-hybridized carbons (Fsp3) is 0.250. The first-order valence-corrected chi connectivity index (χ1v) is 3.42. The van der Waals surface area contributed by atoms with Gasteiger partial charge in [-0.2, -0.15) is 0 Å². The van der Waals surface area contributed by atoms with Gasteiger partial charge >= 0.3 is 5.91 Å². The highest BCUT2D eigenvalue weighted by Crippen LogP contribution is 1.95. The van der Waals surface area contributed by atoms with Gasteiger partial charge in [0.05, 0.1) is 13.2 Å². The summed E-state index contributed by atoms with van der Waals surface area (Å²) in [7, 11) is 1.88. The number of hydrogen-bond acceptors (Lipinski definition) is 1. The van der Waals surface area contributed by atoms with Gasteiger partial charge in [-0.25, -0.2) is 14.7 Å². The molecule has 0 aromatic carbocycles. The molecule has 0 saturated carbocycles. The van der Waals surface area contributed by atoms with E-state index in [4.69, 9.17) is 0 Å². The number of nitrogens with one attached hydrogen (secondary N) is 1. The molecule has 0 radical (unpaired) electrons. The van der Waals surface area contributed by atoms with E-state index in [9.17, 15) is 4.79 Å². The third-order valence-corrected chi connectivity index (χ3v) is 1.36. The third-order valence-electron chi connectivity index (χ3n) is 1.36. The molecule has 1 rings (SSSR count). The molecule has 0 aliphatic rings. The van der Waals surface area contributed by atoms with E-state index in [2.05, 4.69) is 5.32 Å². The summed E-state index contributed by atoms with van der Waals surface area (Å²) >= 11 is 0. The van der Waals surface area contributed by atoms with Gasteiger partial charge in [0, 0.05) is 13.0 Å². The second-order valence-corrected chi connectivity index (χ2v) is 2.38. The van der Waals surface area contributed by atoms with Crippen LogP contribution in [0.1, 0.15) is 6.92 Å². The van der Waals surface area contributed by atoms with E-state index >= 15 is 0 Å². The number of nitrogens with zero attached hydrogens (tertiary/aromatic N) is 1. The Morgan fingerprint density at radius 3 is 2.67 bits per heavy atom. The van der Waals surface area contributed by atoms with E-state index in [-0.39, 0.29) is 29.9 Å². The fourth-order valence-corrected chi connectivity index (χ4v) is 0.834. The van der Waals surface area contributed by atoms with Crippen LogP contribution >= 0.6 is 0 Å². The van der Waals surface area contributed by atoms with Crippen molar-refractivity contribution in [3.05, 3.63) is 24.4 Å². The first-order chi connectivity index (χ1) is 5.20. The Kier molecular flexibility index (Phi) is 4.80. The molecule has 4 heteroatoms. The molecule has 1 N–H and O–H groups in total. The molecular weight excluding hydrogens is 267 g/mol. The lowest BCUT2D eigenvalue weighted by molar-refractivity contribution is -0.657. The van der Waals surface area contributed by atoms with Crippen molar-refractivity contribution in [1.82, 2.24) is 0 Å². The summed E-state index contributed by atoms with van der Waals surface area (Å²) in [6.07, 6.45) is 1.88. The predicted octanol–water partition coefficient (Wildman–Crippen LogP) is -2.53. The summed E-state index contributed by atoms with van der Waals surface area (Å²) in [5.74, 6) is 0.756. The standard InChI is InChI=1S/C8H10N2O.HI/c1-7(11)9-8-5-3-4-6-10(8)2;/h3-6H,1-2H3;1H. The summed E-state index contributed by atoms with van der Waals surface area (Å²) in [5.41, 5.74) is 0. The molecule has 3 nitrogen and oxygen atoms in total. The summed E-state index contributed by atoms with van der Waals surface area (Å²) in [6.45, 7) is 1.49. The van der Waals surface area contributed by atoms with Crippen molar-refractivity contribution in [1.29, 1.82) is 0 Å². The summed E-state index contributed by atoms with van der Waals surface area (Å²) in [5, 5.41) is 2.70. The van der Waals surface area contributed by atoms with Gasteiger partial charge in [-0.05, 0) is 6.07 Å². The molecule has 1 aromatic rings. The normalized spacial score (nSPS) is 8.50. The van der Waals surface area contributed by atoms with Crippen LogP contribution in [0.3, 0.4) is 0 Å². The number of anilines is 1. The quantitative estimate of drug-likeness (QED) is 0.446. The van der Waals surface area contributed by atoms with Crippen LogP contribution in [-0.2, 0) is 11.8 Å². The molecule has 0 fully saturated rings. The molecular formula is C8H11IN2O. The number of halogens is 1. The lowest BCUT2D eigenvalue weighted by Crippen LogP contribution is -3.00. The van der Waals surface area contributed by atoms with Crippen LogP contribution in [0.25, 0.3) is 0 Å². The van der Waals surface area contributed by atoms with Crippen molar-refractivity contribution in [3.63, 3.8) is 0 Å². The zero-order valence-corrected chi connectivity index (χ0v) is 9.20. The van der Waals surface area contributed by atoms with Crippen molar-refractivity contribution >= 4 is 11.7 Å². The van der Waals surface area contributed by atoms with Crippen molar-refractivity contribution < 1.29 is 33.3 Å². The predicted molar refractivity (Wildman–Crippen MR) is 41.9 cm³/mol. The Morgan fingerprint density at radius 2 is 2.17 bits per heavy atom. The smallest absolute Gasteiger partial charge is 0.304 e. The lowest BCUT2D eigenvalue weighted by Gasteiger charge is -1.97. The van der Waals surface area contributed by atoms with Crippen molar-refractivity contribution in [2.75, 3.05) is 5.32 Å². The van der Waals surface area contributed by atoms with Crippen molar-refractivity contribution in [2.24, 2.45) is 7.05 Å². The molecule has 1 aromatic heterocycles. The Morgan fingerprint density at radius 1 is 1.50 bits per heavy atom. The average molecular weight is 278 g/mol. The first-order valence-electron chi connectivity index (χ1n) is 3.42. The van der Waals surface area contributed by atoms with E-state index < -0.39 is 0 Å². The van der Waals surface area contributed by atoms with Crippen molar-refractivity contribution in [3.8, 4) is 0 Å². The zero-order chi connectivity index (χ0) is 8.27. The second kappa shape index (κ2) is 5.08. The SMILES string of the molecule is CC(=O)Nc1cccc[n+]1C.[I-]. The molecule has 0 atom stereocenters. The monoisotopic (exact) mass is 278 g/mol. The number of aromatic nitrogens is 1. The Balaban J connectivity index is 0.00000121. The molecule has 66 valence electrons. The minimum atomic E-state index is -0.0493. The zero-order valence-electron chi connectivity index (χ0n) is 7.04. The molecule has 0 bridgehead atoms. The summed E-state index contributed by atoms with van der Waals surface area (Å²) in [6, 6.07) is 5.64. The maximum Gasteiger partial charge on any atom is 0.304 e. The first kappa shape index (κ1) is 11.4. The molecule has 0 unspecified atom stereocenters. The van der Waals surface area contributed by atoms with Gasteiger partial charge in [0.1, 0.15) is 0 Å². The van der Waals surface area contributed by atoms with Gasteiger partial charge < -0.3 is 24.0 Å². The highest BCUT2D eigenvalue weighted by molar-refractivity contribution is 5.86. The minimum Gasteiger partial charge on any atom is -1.00 e.